The zero-order chi connectivity index (χ0) is 14.1. The molecular weight excluding hydrogens is 224 g/mol. The Morgan fingerprint density at radius 2 is 1.56 bits per heavy atom. The van der Waals surface area contributed by atoms with Crippen LogP contribution in [0.15, 0.2) is 0 Å². The minimum absolute atomic E-state index is 0.226. The number of unbranched alkanes of at least 4 members (excludes halogenated alkanes) is 2. The first kappa shape index (κ1) is 17.9. The molecule has 0 heterocycles. The van der Waals surface area contributed by atoms with Crippen molar-refractivity contribution < 1.29 is 10.2 Å². The Hall–Kier alpha value is -0.0800. The van der Waals surface area contributed by atoms with Crippen molar-refractivity contribution in [1.29, 1.82) is 0 Å². The molecule has 4 unspecified atom stereocenters. The highest BCUT2D eigenvalue weighted by Gasteiger charge is 2.29. The maximum absolute atomic E-state index is 10.3. The highest BCUT2D eigenvalue weighted by Crippen LogP contribution is 2.28. The summed E-state index contributed by atoms with van der Waals surface area (Å²) in [7, 11) is 0. The summed E-state index contributed by atoms with van der Waals surface area (Å²) in [5, 5.41) is 20.4. The summed E-state index contributed by atoms with van der Waals surface area (Å²) in [5.74, 6) is 1.35. The second kappa shape index (κ2) is 9.80. The van der Waals surface area contributed by atoms with E-state index in [1.54, 1.807) is 0 Å². The Morgan fingerprint density at radius 1 is 0.944 bits per heavy atom. The zero-order valence-corrected chi connectivity index (χ0v) is 13.0. The van der Waals surface area contributed by atoms with Crippen LogP contribution in [0.25, 0.3) is 0 Å². The molecule has 0 bridgehead atoms. The monoisotopic (exact) mass is 258 g/mol. The number of rotatable bonds is 10. The van der Waals surface area contributed by atoms with Gasteiger partial charge in [0.05, 0.1) is 12.2 Å². The lowest BCUT2D eigenvalue weighted by Gasteiger charge is -2.31. The van der Waals surface area contributed by atoms with Gasteiger partial charge >= 0.3 is 0 Å². The van der Waals surface area contributed by atoms with Gasteiger partial charge in [0.1, 0.15) is 0 Å². The molecule has 0 aromatic carbocycles. The number of aliphatic hydroxyl groups is 2. The molecule has 0 aliphatic carbocycles. The van der Waals surface area contributed by atoms with E-state index in [1.807, 2.05) is 0 Å². The van der Waals surface area contributed by atoms with Crippen molar-refractivity contribution in [2.24, 2.45) is 17.8 Å². The molecule has 0 amide bonds. The van der Waals surface area contributed by atoms with Gasteiger partial charge in [-0.15, -0.1) is 0 Å². The van der Waals surface area contributed by atoms with Gasteiger partial charge in [-0.2, -0.15) is 0 Å². The average molecular weight is 258 g/mol. The van der Waals surface area contributed by atoms with E-state index in [-0.39, 0.29) is 5.92 Å². The van der Waals surface area contributed by atoms with Crippen molar-refractivity contribution in [3.8, 4) is 0 Å². The van der Waals surface area contributed by atoms with Gasteiger partial charge in [0, 0.05) is 0 Å². The summed E-state index contributed by atoms with van der Waals surface area (Å²) in [6.07, 6.45) is 5.02. The van der Waals surface area contributed by atoms with E-state index in [0.717, 1.165) is 38.5 Å². The molecule has 18 heavy (non-hydrogen) atoms. The molecule has 0 rings (SSSR count). The number of hydrogen-bond acceptors (Lipinski definition) is 2. The minimum Gasteiger partial charge on any atom is -0.390 e. The van der Waals surface area contributed by atoms with Gasteiger partial charge in [-0.05, 0) is 30.6 Å². The van der Waals surface area contributed by atoms with E-state index in [2.05, 4.69) is 34.6 Å². The van der Waals surface area contributed by atoms with Gasteiger partial charge in [-0.3, -0.25) is 0 Å². The largest absolute Gasteiger partial charge is 0.390 e. The molecule has 0 spiro atoms. The zero-order valence-electron chi connectivity index (χ0n) is 13.0. The van der Waals surface area contributed by atoms with E-state index in [0.29, 0.717) is 11.8 Å². The third-order valence-electron chi connectivity index (χ3n) is 3.98. The summed E-state index contributed by atoms with van der Waals surface area (Å²) in [5.41, 5.74) is 0. The summed E-state index contributed by atoms with van der Waals surface area (Å²) < 4.78 is 0. The fourth-order valence-electron chi connectivity index (χ4n) is 2.96. The lowest BCUT2D eigenvalue weighted by molar-refractivity contribution is -0.0398. The molecule has 2 N–H and O–H groups in total. The molecule has 4 atom stereocenters. The van der Waals surface area contributed by atoms with E-state index in [9.17, 15) is 10.2 Å². The summed E-state index contributed by atoms with van der Waals surface area (Å²) in [6.45, 7) is 10.9. The van der Waals surface area contributed by atoms with Gasteiger partial charge in [-0.25, -0.2) is 0 Å². The first-order valence-corrected chi connectivity index (χ1v) is 7.80. The Kier molecular flexibility index (Phi) is 9.76. The Morgan fingerprint density at radius 3 is 2.00 bits per heavy atom. The van der Waals surface area contributed by atoms with Gasteiger partial charge < -0.3 is 10.2 Å². The highest BCUT2D eigenvalue weighted by molar-refractivity contribution is 4.79. The second-order valence-corrected chi connectivity index (χ2v) is 6.23. The van der Waals surface area contributed by atoms with Crippen LogP contribution in [0.5, 0.6) is 0 Å². The molecule has 110 valence electrons. The predicted octanol–water partition coefficient (Wildman–Crippen LogP) is 4.00. The molecule has 0 aromatic rings. The first-order valence-electron chi connectivity index (χ1n) is 7.80. The number of aliphatic hydroxyl groups excluding tert-OH is 2. The van der Waals surface area contributed by atoms with Crippen molar-refractivity contribution in [2.75, 3.05) is 0 Å². The van der Waals surface area contributed by atoms with Crippen molar-refractivity contribution in [3.05, 3.63) is 0 Å². The molecule has 0 saturated carbocycles. The Labute approximate surface area is 114 Å². The molecule has 0 aromatic heterocycles. The van der Waals surface area contributed by atoms with Crippen LogP contribution in [0.4, 0.5) is 0 Å². The maximum Gasteiger partial charge on any atom is 0.0829 e. The van der Waals surface area contributed by atoms with Gasteiger partial charge in [0.25, 0.3) is 0 Å². The first-order chi connectivity index (χ1) is 8.43. The van der Waals surface area contributed by atoms with E-state index >= 15 is 0 Å². The van der Waals surface area contributed by atoms with Gasteiger partial charge in [-0.1, -0.05) is 60.3 Å². The molecular formula is C16H34O2. The SMILES string of the molecule is CCCCCC(O)C(O)C(CC)C(C)CC(C)C. The molecule has 0 aliphatic heterocycles. The Balaban J connectivity index is 4.26. The molecule has 2 nitrogen and oxygen atoms in total. The molecule has 0 saturated heterocycles. The topological polar surface area (TPSA) is 40.5 Å². The van der Waals surface area contributed by atoms with Crippen LogP contribution in [0.2, 0.25) is 0 Å². The minimum atomic E-state index is -0.555. The normalized spacial score (nSPS) is 18.7. The lowest BCUT2D eigenvalue weighted by Crippen LogP contribution is -2.37. The van der Waals surface area contributed by atoms with Gasteiger partial charge in [0.15, 0.2) is 0 Å². The van der Waals surface area contributed by atoms with Crippen molar-refractivity contribution in [1.82, 2.24) is 0 Å². The third kappa shape index (κ3) is 6.75. The van der Waals surface area contributed by atoms with Crippen LogP contribution < -0.4 is 0 Å². The lowest BCUT2D eigenvalue weighted by atomic mass is 9.79. The quantitative estimate of drug-likeness (QED) is 0.582. The van der Waals surface area contributed by atoms with Crippen LogP contribution in [-0.2, 0) is 0 Å². The molecule has 2 heteroatoms. The molecule has 0 aliphatic rings. The predicted molar refractivity (Wildman–Crippen MR) is 78.6 cm³/mol. The van der Waals surface area contributed by atoms with Crippen molar-refractivity contribution in [3.63, 3.8) is 0 Å². The van der Waals surface area contributed by atoms with E-state index in [4.69, 9.17) is 0 Å². The summed E-state index contributed by atoms with van der Waals surface area (Å²) in [4.78, 5) is 0. The third-order valence-corrected chi connectivity index (χ3v) is 3.98. The molecule has 0 radical (unpaired) electrons. The standard InChI is InChI=1S/C16H34O2/c1-6-8-9-10-15(17)16(18)14(7-2)13(5)11-12(3)4/h12-18H,6-11H2,1-5H3. The fraction of sp³-hybridized carbons (Fsp3) is 1.00. The smallest absolute Gasteiger partial charge is 0.0829 e. The van der Waals surface area contributed by atoms with Crippen molar-refractivity contribution >= 4 is 0 Å². The van der Waals surface area contributed by atoms with Crippen LogP contribution in [-0.4, -0.2) is 22.4 Å². The Bertz CT molecular complexity index is 192. The summed E-state index contributed by atoms with van der Waals surface area (Å²) in [6, 6.07) is 0. The van der Waals surface area contributed by atoms with Crippen LogP contribution in [0, 0.1) is 17.8 Å². The van der Waals surface area contributed by atoms with Crippen LogP contribution in [0.3, 0.4) is 0 Å². The molecule has 0 fully saturated rings. The average Bonchev–Trinajstić information content (AvgIpc) is 2.28. The number of hydrogen-bond donors (Lipinski definition) is 2. The van der Waals surface area contributed by atoms with Crippen LogP contribution >= 0.6 is 0 Å². The van der Waals surface area contributed by atoms with E-state index < -0.39 is 12.2 Å². The fourth-order valence-corrected chi connectivity index (χ4v) is 2.96. The highest BCUT2D eigenvalue weighted by atomic mass is 16.3. The van der Waals surface area contributed by atoms with E-state index in [1.165, 1.54) is 0 Å². The maximum atomic E-state index is 10.3. The van der Waals surface area contributed by atoms with Crippen LogP contribution in [0.1, 0.15) is 73.1 Å². The van der Waals surface area contributed by atoms with Gasteiger partial charge in [0.2, 0.25) is 0 Å². The summed E-state index contributed by atoms with van der Waals surface area (Å²) >= 11 is 0. The second-order valence-electron chi connectivity index (χ2n) is 6.23. The van der Waals surface area contributed by atoms with Crippen molar-refractivity contribution in [2.45, 2.75) is 85.4 Å².